The molecule has 6 heteroatoms. The third-order valence-electron chi connectivity index (χ3n) is 3.26. The van der Waals surface area contributed by atoms with Gasteiger partial charge in [-0.3, -0.25) is 4.79 Å². The van der Waals surface area contributed by atoms with Crippen molar-refractivity contribution in [3.05, 3.63) is 58.1 Å². The summed E-state index contributed by atoms with van der Waals surface area (Å²) in [6, 6.07) is 12.0. The van der Waals surface area contributed by atoms with Gasteiger partial charge in [0.2, 0.25) is 0 Å². The van der Waals surface area contributed by atoms with Crippen LogP contribution in [-0.2, 0) is 4.79 Å². The number of carbonyl (C=O) groups is 1. The molecule has 2 N–H and O–H groups in total. The van der Waals surface area contributed by atoms with Crippen LogP contribution in [0.15, 0.2) is 42.0 Å². The van der Waals surface area contributed by atoms with E-state index in [-0.39, 0.29) is 22.1 Å². The molecule has 2 rings (SSSR count). The Bertz CT molecular complexity index is 837. The van der Waals surface area contributed by atoms with E-state index in [1.54, 1.807) is 12.1 Å². The lowest BCUT2D eigenvalue weighted by Crippen LogP contribution is -2.13. The smallest absolute Gasteiger partial charge is 0.266 e. The van der Waals surface area contributed by atoms with Crippen molar-refractivity contribution >= 4 is 29.3 Å². The number of ether oxygens (including phenoxy) is 1. The number of nitrogens with one attached hydrogen (secondary N) is 1. The minimum Gasteiger partial charge on any atom is -0.503 e. The highest BCUT2D eigenvalue weighted by molar-refractivity contribution is 6.32. The van der Waals surface area contributed by atoms with Crippen LogP contribution in [0.25, 0.3) is 6.08 Å². The van der Waals surface area contributed by atoms with E-state index in [1.807, 2.05) is 25.1 Å². The van der Waals surface area contributed by atoms with Crippen LogP contribution in [0, 0.1) is 18.3 Å². The van der Waals surface area contributed by atoms with Crippen LogP contribution >= 0.6 is 11.6 Å². The average molecular weight is 343 g/mol. The molecule has 0 aromatic heterocycles. The van der Waals surface area contributed by atoms with Crippen molar-refractivity contribution < 1.29 is 14.6 Å². The summed E-state index contributed by atoms with van der Waals surface area (Å²) in [6.07, 6.45) is 1.37. The van der Waals surface area contributed by atoms with E-state index >= 15 is 0 Å². The van der Waals surface area contributed by atoms with Crippen LogP contribution in [0.1, 0.15) is 11.1 Å². The molecule has 0 bridgehead atoms. The average Bonchev–Trinajstić information content (AvgIpc) is 2.57. The number of hydrogen-bond donors (Lipinski definition) is 2. The molecule has 0 fully saturated rings. The number of carbonyl (C=O) groups excluding carboxylic acids is 1. The predicted molar refractivity (Wildman–Crippen MR) is 93.1 cm³/mol. The second kappa shape index (κ2) is 7.53. The van der Waals surface area contributed by atoms with Crippen LogP contribution in [0.4, 0.5) is 5.69 Å². The van der Waals surface area contributed by atoms with Crippen LogP contribution in [0.3, 0.4) is 0 Å². The summed E-state index contributed by atoms with van der Waals surface area (Å²) in [5.41, 5.74) is 2.02. The molecule has 24 heavy (non-hydrogen) atoms. The SMILES string of the molecule is COc1cc(/C=C(/C#N)C(=O)Nc2ccc(C)cc2)cc(Cl)c1O. The molecule has 2 aromatic rings. The van der Waals surface area contributed by atoms with Crippen molar-refractivity contribution in [2.45, 2.75) is 6.92 Å². The third-order valence-corrected chi connectivity index (χ3v) is 3.54. The number of aromatic hydroxyl groups is 1. The largest absolute Gasteiger partial charge is 0.503 e. The fourth-order valence-corrected chi connectivity index (χ4v) is 2.20. The number of nitriles is 1. The first kappa shape index (κ1) is 17.4. The highest BCUT2D eigenvalue weighted by Gasteiger charge is 2.12. The van der Waals surface area contributed by atoms with Crippen molar-refractivity contribution in [1.82, 2.24) is 0 Å². The van der Waals surface area contributed by atoms with Gasteiger partial charge >= 0.3 is 0 Å². The van der Waals surface area contributed by atoms with Crippen LogP contribution < -0.4 is 10.1 Å². The van der Waals surface area contributed by atoms with E-state index in [4.69, 9.17) is 16.3 Å². The van der Waals surface area contributed by atoms with Gasteiger partial charge in [0.1, 0.15) is 11.6 Å². The second-order valence-electron chi connectivity index (χ2n) is 5.04. The molecule has 0 spiro atoms. The van der Waals surface area contributed by atoms with Gasteiger partial charge in [0.15, 0.2) is 11.5 Å². The summed E-state index contributed by atoms with van der Waals surface area (Å²) in [5, 5.41) is 21.7. The highest BCUT2D eigenvalue weighted by Crippen LogP contribution is 2.35. The number of methoxy groups -OCH3 is 1. The molecule has 0 saturated heterocycles. The number of nitrogens with zero attached hydrogens (tertiary/aromatic N) is 1. The number of hydrogen-bond acceptors (Lipinski definition) is 4. The fourth-order valence-electron chi connectivity index (χ4n) is 1.98. The molecular weight excluding hydrogens is 328 g/mol. The lowest BCUT2D eigenvalue weighted by atomic mass is 10.1. The van der Waals surface area contributed by atoms with Gasteiger partial charge in [-0.1, -0.05) is 29.3 Å². The molecule has 0 atom stereocenters. The van der Waals surface area contributed by atoms with Gasteiger partial charge in [0.05, 0.1) is 12.1 Å². The molecule has 0 saturated carbocycles. The maximum atomic E-state index is 12.2. The van der Waals surface area contributed by atoms with Gasteiger partial charge in [-0.05, 0) is 42.8 Å². The molecule has 0 unspecified atom stereocenters. The monoisotopic (exact) mass is 342 g/mol. The quantitative estimate of drug-likeness (QED) is 0.652. The van der Waals surface area contributed by atoms with Gasteiger partial charge < -0.3 is 15.2 Å². The zero-order valence-corrected chi connectivity index (χ0v) is 13.9. The lowest BCUT2D eigenvalue weighted by molar-refractivity contribution is -0.112. The highest BCUT2D eigenvalue weighted by atomic mass is 35.5. The van der Waals surface area contributed by atoms with Crippen LogP contribution in [0.5, 0.6) is 11.5 Å². The lowest BCUT2D eigenvalue weighted by Gasteiger charge is -2.07. The number of phenols is 1. The maximum absolute atomic E-state index is 12.2. The Hall–Kier alpha value is -2.97. The van der Waals surface area contributed by atoms with E-state index in [2.05, 4.69) is 5.32 Å². The zero-order valence-electron chi connectivity index (χ0n) is 13.1. The van der Waals surface area contributed by atoms with Crippen molar-refractivity contribution in [2.75, 3.05) is 12.4 Å². The molecule has 2 aromatic carbocycles. The summed E-state index contributed by atoms with van der Waals surface area (Å²) in [4.78, 5) is 12.2. The van der Waals surface area contributed by atoms with Crippen molar-refractivity contribution in [3.8, 4) is 17.6 Å². The Labute approximate surface area is 144 Å². The minimum absolute atomic E-state index is 0.0665. The predicted octanol–water partition coefficient (Wildman–Crippen LogP) is 3.91. The van der Waals surface area contributed by atoms with E-state index in [1.165, 1.54) is 25.3 Å². The standard InChI is InChI=1S/C18H15ClN2O3/c1-11-3-5-14(6-4-11)21-18(23)13(10-20)7-12-8-15(19)17(22)16(9-12)24-2/h3-9,22H,1-2H3,(H,21,23)/b13-7-. The number of benzene rings is 2. The molecule has 5 nitrogen and oxygen atoms in total. The number of aryl methyl sites for hydroxylation is 1. The first-order valence-electron chi connectivity index (χ1n) is 7.01. The normalized spacial score (nSPS) is 10.8. The summed E-state index contributed by atoms with van der Waals surface area (Å²) in [6.45, 7) is 1.94. The third kappa shape index (κ3) is 4.06. The van der Waals surface area contributed by atoms with Gasteiger partial charge in [0, 0.05) is 5.69 Å². The summed E-state index contributed by atoms with van der Waals surface area (Å²) in [7, 11) is 1.38. The first-order chi connectivity index (χ1) is 11.4. The number of amides is 1. The van der Waals surface area contributed by atoms with Crippen molar-refractivity contribution in [1.29, 1.82) is 5.26 Å². The Morgan fingerprint density at radius 2 is 2.00 bits per heavy atom. The molecule has 122 valence electrons. The Balaban J connectivity index is 2.29. The van der Waals surface area contributed by atoms with E-state index in [9.17, 15) is 15.2 Å². The van der Waals surface area contributed by atoms with Gasteiger partial charge in [0.25, 0.3) is 5.91 Å². The van der Waals surface area contributed by atoms with E-state index < -0.39 is 5.91 Å². The minimum atomic E-state index is -0.537. The topological polar surface area (TPSA) is 82.3 Å². The number of phenolic OH excluding ortho intramolecular Hbond substituents is 1. The summed E-state index contributed by atoms with van der Waals surface area (Å²) >= 11 is 5.91. The fraction of sp³-hybridized carbons (Fsp3) is 0.111. The molecular formula is C18H15ClN2O3. The number of halogens is 1. The van der Waals surface area contributed by atoms with Gasteiger partial charge in [-0.25, -0.2) is 0 Å². The van der Waals surface area contributed by atoms with Crippen LogP contribution in [-0.4, -0.2) is 18.1 Å². The van der Waals surface area contributed by atoms with Crippen LogP contribution in [0.2, 0.25) is 5.02 Å². The number of anilines is 1. The molecule has 0 radical (unpaired) electrons. The molecule has 0 aliphatic rings. The molecule has 0 aliphatic carbocycles. The summed E-state index contributed by atoms with van der Waals surface area (Å²) in [5.74, 6) is -0.576. The molecule has 1 amide bonds. The number of rotatable bonds is 4. The molecule has 0 heterocycles. The van der Waals surface area contributed by atoms with E-state index in [0.717, 1.165) is 5.56 Å². The second-order valence-corrected chi connectivity index (χ2v) is 5.45. The zero-order chi connectivity index (χ0) is 17.7. The van der Waals surface area contributed by atoms with Gasteiger partial charge in [-0.15, -0.1) is 0 Å². The Kier molecular flexibility index (Phi) is 5.46. The molecule has 0 aliphatic heterocycles. The van der Waals surface area contributed by atoms with Gasteiger partial charge in [-0.2, -0.15) is 5.26 Å². The van der Waals surface area contributed by atoms with Crippen molar-refractivity contribution in [2.24, 2.45) is 0 Å². The Morgan fingerprint density at radius 1 is 1.33 bits per heavy atom. The first-order valence-corrected chi connectivity index (χ1v) is 7.38. The Morgan fingerprint density at radius 3 is 2.58 bits per heavy atom. The summed E-state index contributed by atoms with van der Waals surface area (Å²) < 4.78 is 5.00. The van der Waals surface area contributed by atoms with Crippen molar-refractivity contribution in [3.63, 3.8) is 0 Å². The van der Waals surface area contributed by atoms with E-state index in [0.29, 0.717) is 11.3 Å². The maximum Gasteiger partial charge on any atom is 0.266 e.